The summed E-state index contributed by atoms with van der Waals surface area (Å²) in [4.78, 5) is 0.610. The second-order valence-electron chi connectivity index (χ2n) is 2.03. The molecule has 0 fully saturated rings. The van der Waals surface area contributed by atoms with Crippen LogP contribution in [-0.4, -0.2) is 4.85 Å². The van der Waals surface area contributed by atoms with E-state index in [4.69, 9.17) is 0 Å². The summed E-state index contributed by atoms with van der Waals surface area (Å²) in [5, 5.41) is 21.5. The minimum absolute atomic E-state index is 0.305. The van der Waals surface area contributed by atoms with Gasteiger partial charge in [0.15, 0.2) is 0 Å². The molecule has 0 atom stereocenters. The Morgan fingerprint density at radius 1 is 1.50 bits per heavy atom. The standard InChI is InChI=1S/C5H6BrN2O2/c1-3-5(6)4(2)8(10)7(3)9/h1-2H3/q-1. The van der Waals surface area contributed by atoms with Gasteiger partial charge in [-0.15, -0.1) is 0 Å². The van der Waals surface area contributed by atoms with Crippen molar-refractivity contribution in [3.63, 3.8) is 0 Å². The zero-order valence-corrected chi connectivity index (χ0v) is 7.17. The highest BCUT2D eigenvalue weighted by atomic mass is 79.9. The molecule has 0 amide bonds. The SMILES string of the molecule is Cc1c(Br)c(C)[n+]([O-])n1[O-]. The normalized spacial score (nSPS) is 10.3. The zero-order chi connectivity index (χ0) is 7.89. The first-order chi connectivity index (χ1) is 4.55. The molecule has 0 aliphatic rings. The number of halogens is 1. The Morgan fingerprint density at radius 3 is 2.10 bits per heavy atom. The number of aromatic nitrogens is 2. The lowest BCUT2D eigenvalue weighted by atomic mass is 10.4. The van der Waals surface area contributed by atoms with Crippen LogP contribution in [0, 0.1) is 24.3 Å². The molecule has 0 aliphatic carbocycles. The van der Waals surface area contributed by atoms with E-state index in [0.29, 0.717) is 25.6 Å². The summed E-state index contributed by atoms with van der Waals surface area (Å²) >= 11 is 3.11. The van der Waals surface area contributed by atoms with Gasteiger partial charge in [0.05, 0.1) is 5.69 Å². The zero-order valence-electron chi connectivity index (χ0n) is 5.59. The van der Waals surface area contributed by atoms with E-state index in [1.54, 1.807) is 13.8 Å². The van der Waals surface area contributed by atoms with Gasteiger partial charge in [-0.25, -0.2) is 0 Å². The molecule has 1 heterocycles. The van der Waals surface area contributed by atoms with E-state index in [1.165, 1.54) is 0 Å². The van der Waals surface area contributed by atoms with Crippen LogP contribution in [-0.2, 0) is 0 Å². The van der Waals surface area contributed by atoms with Crippen molar-refractivity contribution in [2.45, 2.75) is 13.8 Å². The fraction of sp³-hybridized carbons (Fsp3) is 0.400. The highest BCUT2D eigenvalue weighted by Crippen LogP contribution is 2.17. The van der Waals surface area contributed by atoms with Crippen LogP contribution in [0.4, 0.5) is 0 Å². The Bertz CT molecular complexity index is 189. The van der Waals surface area contributed by atoms with Crippen molar-refractivity contribution >= 4 is 15.9 Å². The van der Waals surface area contributed by atoms with E-state index >= 15 is 0 Å². The third-order valence-electron chi connectivity index (χ3n) is 1.37. The molecule has 0 saturated carbocycles. The molecule has 1 aromatic heterocycles. The lowest BCUT2D eigenvalue weighted by molar-refractivity contribution is -0.691. The third kappa shape index (κ3) is 0.775. The maximum atomic E-state index is 10.7. The molecule has 0 unspecified atom stereocenters. The lowest BCUT2D eigenvalue weighted by Gasteiger charge is -2.06. The van der Waals surface area contributed by atoms with Gasteiger partial charge in [0.2, 0.25) is 5.69 Å². The molecule has 5 heteroatoms. The molecular formula is C5H6BrN2O2-. The molecule has 56 valence electrons. The first-order valence-electron chi connectivity index (χ1n) is 2.70. The largest absolute Gasteiger partial charge is 0.758 e. The van der Waals surface area contributed by atoms with Crippen molar-refractivity contribution in [2.75, 3.05) is 0 Å². The summed E-state index contributed by atoms with van der Waals surface area (Å²) in [6.45, 7) is 3.16. The summed E-state index contributed by atoms with van der Waals surface area (Å²) in [5.41, 5.74) is 0.792. The van der Waals surface area contributed by atoms with E-state index in [1.807, 2.05) is 0 Å². The van der Waals surface area contributed by atoms with E-state index in [2.05, 4.69) is 15.9 Å². The number of hydrogen-bond donors (Lipinski definition) is 0. The van der Waals surface area contributed by atoms with Crippen molar-refractivity contribution < 1.29 is 4.85 Å². The van der Waals surface area contributed by atoms with Crippen LogP contribution in [0.1, 0.15) is 11.4 Å². The van der Waals surface area contributed by atoms with Crippen LogP contribution < -0.4 is 4.85 Å². The maximum Gasteiger partial charge on any atom is 0.232 e. The number of hydrogen-bond acceptors (Lipinski definition) is 2. The first kappa shape index (κ1) is 7.40. The molecule has 1 aromatic rings. The predicted molar refractivity (Wildman–Crippen MR) is 39.3 cm³/mol. The van der Waals surface area contributed by atoms with Crippen LogP contribution >= 0.6 is 15.9 Å². The minimum atomic E-state index is 0.305. The van der Waals surface area contributed by atoms with Crippen LogP contribution in [0.5, 0.6) is 0 Å². The second-order valence-corrected chi connectivity index (χ2v) is 2.82. The van der Waals surface area contributed by atoms with E-state index in [9.17, 15) is 10.4 Å². The van der Waals surface area contributed by atoms with Crippen molar-refractivity contribution in [2.24, 2.45) is 0 Å². The lowest BCUT2D eigenvalue weighted by Crippen LogP contribution is -2.37. The Kier molecular flexibility index (Phi) is 1.60. The highest BCUT2D eigenvalue weighted by molar-refractivity contribution is 9.10. The van der Waals surface area contributed by atoms with Gasteiger partial charge < -0.3 is 10.4 Å². The maximum absolute atomic E-state index is 10.7. The van der Waals surface area contributed by atoms with E-state index in [-0.39, 0.29) is 0 Å². The first-order valence-corrected chi connectivity index (χ1v) is 3.49. The van der Waals surface area contributed by atoms with Crippen LogP contribution in [0.15, 0.2) is 4.47 Å². The van der Waals surface area contributed by atoms with Crippen molar-refractivity contribution in [1.82, 2.24) is 4.85 Å². The molecule has 1 rings (SSSR count). The van der Waals surface area contributed by atoms with Crippen molar-refractivity contribution in [3.05, 3.63) is 26.3 Å². The summed E-state index contributed by atoms with van der Waals surface area (Å²) in [6, 6.07) is 0. The molecule has 0 saturated heterocycles. The second kappa shape index (κ2) is 2.16. The molecule has 0 aromatic carbocycles. The van der Waals surface area contributed by atoms with Crippen LogP contribution in [0.3, 0.4) is 0 Å². The molecule has 0 N–H and O–H groups in total. The van der Waals surface area contributed by atoms with Crippen LogP contribution in [0.25, 0.3) is 0 Å². The fourth-order valence-electron chi connectivity index (χ4n) is 0.702. The highest BCUT2D eigenvalue weighted by Gasteiger charge is 2.13. The minimum Gasteiger partial charge on any atom is -0.758 e. The van der Waals surface area contributed by atoms with Gasteiger partial charge in [-0.3, -0.25) is 0 Å². The van der Waals surface area contributed by atoms with Gasteiger partial charge in [-0.2, -0.15) is 4.85 Å². The Hall–Kier alpha value is -0.710. The summed E-state index contributed by atoms with van der Waals surface area (Å²) in [5.74, 6) is 0. The summed E-state index contributed by atoms with van der Waals surface area (Å²) in [7, 11) is 0. The monoisotopic (exact) mass is 205 g/mol. The summed E-state index contributed by atoms with van der Waals surface area (Å²) < 4.78 is 0.581. The number of nitrogens with zero attached hydrogens (tertiary/aromatic N) is 2. The van der Waals surface area contributed by atoms with Crippen LogP contribution in [0.2, 0.25) is 0 Å². The molecular weight excluding hydrogens is 200 g/mol. The molecule has 0 spiro atoms. The molecule has 0 bridgehead atoms. The third-order valence-corrected chi connectivity index (χ3v) is 2.52. The Morgan fingerprint density at radius 2 is 2.00 bits per heavy atom. The van der Waals surface area contributed by atoms with Gasteiger partial charge in [0.1, 0.15) is 4.47 Å². The molecule has 4 nitrogen and oxygen atoms in total. The van der Waals surface area contributed by atoms with Gasteiger partial charge >= 0.3 is 0 Å². The Labute approximate surface area is 66.3 Å². The quantitative estimate of drug-likeness (QED) is 0.466. The summed E-state index contributed by atoms with van der Waals surface area (Å²) in [6.07, 6.45) is 0. The average molecular weight is 206 g/mol. The van der Waals surface area contributed by atoms with Gasteiger partial charge in [0, 0.05) is 6.92 Å². The number of rotatable bonds is 0. The molecule has 10 heavy (non-hydrogen) atoms. The van der Waals surface area contributed by atoms with Gasteiger partial charge in [-0.1, -0.05) is 4.85 Å². The average Bonchev–Trinajstić information content (AvgIpc) is 2.07. The van der Waals surface area contributed by atoms with E-state index < -0.39 is 0 Å². The fourth-order valence-corrected chi connectivity index (χ4v) is 1.01. The van der Waals surface area contributed by atoms with Crippen molar-refractivity contribution in [1.29, 1.82) is 0 Å². The molecule has 0 radical (unpaired) electrons. The topological polar surface area (TPSA) is 54.9 Å². The Balaban J connectivity index is 3.44. The van der Waals surface area contributed by atoms with E-state index in [0.717, 1.165) is 0 Å². The smallest absolute Gasteiger partial charge is 0.232 e. The van der Waals surface area contributed by atoms with Gasteiger partial charge in [0.25, 0.3) is 0 Å². The van der Waals surface area contributed by atoms with Crippen molar-refractivity contribution in [3.8, 4) is 0 Å². The van der Waals surface area contributed by atoms with Gasteiger partial charge in [-0.05, 0) is 22.9 Å². The predicted octanol–water partition coefficient (Wildman–Crippen LogP) is 0.847. The molecule has 0 aliphatic heterocycles.